The molecule has 2 heterocycles. The molecule has 0 saturated carbocycles. The smallest absolute Gasteiger partial charge is 0.213 e. The predicted octanol–water partition coefficient (Wildman–Crippen LogP) is 2.13. The Morgan fingerprint density at radius 2 is 1.85 bits per heavy atom. The van der Waals surface area contributed by atoms with E-state index in [0.29, 0.717) is 16.6 Å². The number of para-hydroxylation sites is 1. The zero-order chi connectivity index (χ0) is 14.3. The highest BCUT2D eigenvalue weighted by molar-refractivity contribution is 6.33. The summed E-state index contributed by atoms with van der Waals surface area (Å²) in [5, 5.41) is 4.60. The number of hydrogen-bond donors (Lipinski definition) is 2. The van der Waals surface area contributed by atoms with Crippen molar-refractivity contribution in [1.82, 2.24) is 4.98 Å². The van der Waals surface area contributed by atoms with Gasteiger partial charge in [0.1, 0.15) is 5.70 Å². The summed E-state index contributed by atoms with van der Waals surface area (Å²) in [5.74, 6) is -0.0297. The number of rotatable bonds is 2. The van der Waals surface area contributed by atoms with Gasteiger partial charge in [-0.2, -0.15) is 0 Å². The molecule has 1 aliphatic heterocycles. The van der Waals surface area contributed by atoms with Gasteiger partial charge in [0.2, 0.25) is 5.78 Å². The molecule has 20 heavy (non-hydrogen) atoms. The van der Waals surface area contributed by atoms with Gasteiger partial charge in [-0.15, -0.1) is 0 Å². The normalized spacial score (nSPS) is 15.7. The number of benzene rings is 1. The lowest BCUT2D eigenvalue weighted by molar-refractivity contribution is 0.105. The number of H-pyrrole nitrogens is 1. The second-order valence-electron chi connectivity index (χ2n) is 4.59. The molecule has 0 atom stereocenters. The van der Waals surface area contributed by atoms with Crippen LogP contribution in [0.5, 0.6) is 0 Å². The number of carbonyl (C=O) groups is 1. The molecule has 0 amide bonds. The number of hydrogen-bond acceptors (Lipinski definition) is 2. The first-order valence-electron chi connectivity index (χ1n) is 6.28. The summed E-state index contributed by atoms with van der Waals surface area (Å²) in [6.07, 6.45) is 3.41. The zero-order valence-corrected chi connectivity index (χ0v) is 11.0. The third kappa shape index (κ3) is 1.57. The maximum Gasteiger partial charge on any atom is 0.213 e. The van der Waals surface area contributed by atoms with Gasteiger partial charge in [0, 0.05) is 27.7 Å². The first-order valence-corrected chi connectivity index (χ1v) is 6.28. The summed E-state index contributed by atoms with van der Waals surface area (Å²) < 4.78 is 0. The Bertz CT molecular complexity index is 856. The highest BCUT2D eigenvalue weighted by Crippen LogP contribution is 2.27. The number of nitrogens with one attached hydrogen (secondary N) is 2. The van der Waals surface area contributed by atoms with Gasteiger partial charge in [0.15, 0.2) is 0 Å². The lowest BCUT2D eigenvalue weighted by atomic mass is 10.1. The van der Waals surface area contributed by atoms with Crippen molar-refractivity contribution in [3.63, 3.8) is 0 Å². The third-order valence-electron chi connectivity index (χ3n) is 3.49. The summed E-state index contributed by atoms with van der Waals surface area (Å²) in [7, 11) is 0. The third-order valence-corrected chi connectivity index (χ3v) is 3.49. The number of carbonyl (C=O) groups excluding carboxylic acids is 1. The van der Waals surface area contributed by atoms with Crippen molar-refractivity contribution in [1.29, 1.82) is 0 Å². The number of Topliss-reactive ketones (excluding diaryl/α,β-unsaturated/α-hetero) is 1. The van der Waals surface area contributed by atoms with Crippen molar-refractivity contribution in [3.8, 4) is 0 Å². The van der Waals surface area contributed by atoms with Gasteiger partial charge in [0.05, 0.1) is 5.35 Å². The average Bonchev–Trinajstić information content (AvgIpc) is 2.97. The molecule has 1 aliphatic rings. The molecule has 98 valence electrons. The van der Waals surface area contributed by atoms with Gasteiger partial charge in [-0.25, -0.2) is 0 Å². The fourth-order valence-corrected chi connectivity index (χ4v) is 2.47. The van der Waals surface area contributed by atoms with Crippen LogP contribution in [0.3, 0.4) is 0 Å². The summed E-state index contributed by atoms with van der Waals surface area (Å²) in [5.41, 5.74) is 3.71. The van der Waals surface area contributed by atoms with Crippen LogP contribution in [0.2, 0.25) is 0 Å². The van der Waals surface area contributed by atoms with Gasteiger partial charge in [-0.1, -0.05) is 37.9 Å². The maximum atomic E-state index is 12.4. The van der Waals surface area contributed by atoms with E-state index in [9.17, 15) is 4.79 Å². The molecule has 3 nitrogen and oxygen atoms in total. The molecular formula is C17H14N2O. The largest absolute Gasteiger partial charge is 0.353 e. The summed E-state index contributed by atoms with van der Waals surface area (Å²) in [6, 6.07) is 7.44. The lowest BCUT2D eigenvalue weighted by Crippen LogP contribution is -2.29. The highest BCUT2D eigenvalue weighted by Gasteiger charge is 2.25. The van der Waals surface area contributed by atoms with Crippen LogP contribution in [0.25, 0.3) is 24.4 Å². The Balaban J connectivity index is 2.32. The number of aromatic nitrogens is 1. The van der Waals surface area contributed by atoms with Crippen LogP contribution >= 0.6 is 0 Å². The van der Waals surface area contributed by atoms with E-state index >= 15 is 0 Å². The monoisotopic (exact) mass is 262 g/mol. The van der Waals surface area contributed by atoms with Crippen molar-refractivity contribution in [2.45, 2.75) is 0 Å². The number of anilines is 1. The minimum atomic E-state index is -0.0297. The van der Waals surface area contributed by atoms with Crippen LogP contribution < -0.4 is 15.9 Å². The van der Waals surface area contributed by atoms with Gasteiger partial charge in [-0.3, -0.25) is 4.79 Å². The summed E-state index contributed by atoms with van der Waals surface area (Å²) in [4.78, 5) is 15.6. The quantitative estimate of drug-likeness (QED) is 0.871. The highest BCUT2D eigenvalue weighted by atomic mass is 16.1. The van der Waals surface area contributed by atoms with Crippen molar-refractivity contribution < 1.29 is 4.79 Å². The van der Waals surface area contributed by atoms with E-state index in [4.69, 9.17) is 0 Å². The zero-order valence-electron chi connectivity index (χ0n) is 11.0. The molecule has 0 radical (unpaired) electrons. The molecule has 1 aromatic heterocycles. The van der Waals surface area contributed by atoms with Gasteiger partial charge >= 0.3 is 0 Å². The lowest BCUT2D eigenvalue weighted by Gasteiger charge is -1.96. The first-order chi connectivity index (χ1) is 9.67. The fraction of sp³-hybridized carbons (Fsp3) is 0. The molecule has 0 unspecified atom stereocenters. The number of aromatic amines is 1. The van der Waals surface area contributed by atoms with E-state index in [0.717, 1.165) is 22.2 Å². The van der Waals surface area contributed by atoms with E-state index in [-0.39, 0.29) is 5.78 Å². The van der Waals surface area contributed by atoms with Crippen molar-refractivity contribution in [3.05, 3.63) is 64.8 Å². The Labute approximate surface area is 116 Å². The van der Waals surface area contributed by atoms with Crippen LogP contribution in [-0.2, 0) is 0 Å². The minimum absolute atomic E-state index is 0.0297. The second kappa shape index (κ2) is 4.38. The van der Waals surface area contributed by atoms with Crippen LogP contribution in [0.15, 0.2) is 37.4 Å². The van der Waals surface area contributed by atoms with Crippen LogP contribution in [0.1, 0.15) is 21.6 Å². The molecule has 0 aliphatic carbocycles. The Morgan fingerprint density at radius 3 is 2.45 bits per heavy atom. The second-order valence-corrected chi connectivity index (χ2v) is 4.59. The molecule has 3 heteroatoms. The van der Waals surface area contributed by atoms with Crippen LogP contribution in [0.4, 0.5) is 5.69 Å². The summed E-state index contributed by atoms with van der Waals surface area (Å²) in [6.45, 7) is 11.6. The van der Waals surface area contributed by atoms with E-state index in [1.165, 1.54) is 0 Å². The number of ketones is 1. The van der Waals surface area contributed by atoms with Crippen molar-refractivity contribution in [2.24, 2.45) is 0 Å². The first kappa shape index (κ1) is 12.2. The Kier molecular flexibility index (Phi) is 2.68. The van der Waals surface area contributed by atoms with E-state index < -0.39 is 0 Å². The molecule has 0 bridgehead atoms. The van der Waals surface area contributed by atoms with E-state index in [1.54, 1.807) is 12.2 Å². The molecule has 0 saturated heterocycles. The molecule has 2 aromatic rings. The molecule has 0 spiro atoms. The molecule has 0 fully saturated rings. The molecule has 2 N–H and O–H groups in total. The van der Waals surface area contributed by atoms with Crippen molar-refractivity contribution >= 4 is 35.9 Å². The van der Waals surface area contributed by atoms with E-state index in [1.807, 2.05) is 24.3 Å². The van der Waals surface area contributed by atoms with Crippen molar-refractivity contribution in [2.75, 3.05) is 5.32 Å². The predicted molar refractivity (Wildman–Crippen MR) is 83.5 cm³/mol. The molecular weight excluding hydrogens is 248 g/mol. The maximum absolute atomic E-state index is 12.4. The molecule has 1 aromatic carbocycles. The SMILES string of the molecule is C=Cc1[nH]/c(=C2/Nc3ccccc3C2=O)c(=C)c1C=C. The number of fused-ring (bicyclic) bond motifs is 1. The Morgan fingerprint density at radius 1 is 1.10 bits per heavy atom. The van der Waals surface area contributed by atoms with Crippen LogP contribution in [-0.4, -0.2) is 10.8 Å². The van der Waals surface area contributed by atoms with Gasteiger partial charge < -0.3 is 10.3 Å². The van der Waals surface area contributed by atoms with E-state index in [2.05, 4.69) is 30.0 Å². The summed E-state index contributed by atoms with van der Waals surface area (Å²) >= 11 is 0. The Hall–Kier alpha value is -2.81. The topological polar surface area (TPSA) is 44.9 Å². The van der Waals surface area contributed by atoms with Crippen LogP contribution in [0, 0.1) is 0 Å². The standard InChI is InChI=1S/C17H14N2O/c1-4-11-10(3)15(18-13(11)5-2)16-17(20)12-8-6-7-9-14(12)19-16/h4-9,18-19H,1-3H2/b16-15+. The van der Waals surface area contributed by atoms with Gasteiger partial charge in [0.25, 0.3) is 0 Å². The van der Waals surface area contributed by atoms with Gasteiger partial charge in [-0.05, 0) is 18.2 Å². The average molecular weight is 262 g/mol. The minimum Gasteiger partial charge on any atom is -0.353 e. The molecule has 3 rings (SSSR count). The fourth-order valence-electron chi connectivity index (χ4n) is 2.47.